The van der Waals surface area contributed by atoms with Gasteiger partial charge in [0.25, 0.3) is 0 Å². The van der Waals surface area contributed by atoms with Crippen LogP contribution in [0.3, 0.4) is 0 Å². The highest BCUT2D eigenvalue weighted by atomic mass is 19.1. The van der Waals surface area contributed by atoms with E-state index in [0.717, 1.165) is 68.1 Å². The van der Waals surface area contributed by atoms with Crippen LogP contribution in [0.2, 0.25) is 0 Å². The van der Waals surface area contributed by atoms with Gasteiger partial charge in [0.05, 0.1) is 14.2 Å². The van der Waals surface area contributed by atoms with Gasteiger partial charge in [-0.3, -0.25) is 9.69 Å². The number of rotatable bonds is 7. The number of likely N-dealkylation sites (tertiary alicyclic amines) is 2. The molecule has 0 radical (unpaired) electrons. The molecule has 2 aromatic carbocycles. The highest BCUT2D eigenvalue weighted by Crippen LogP contribution is 2.39. The number of hydrogen-bond acceptors (Lipinski definition) is 4. The highest BCUT2D eigenvalue weighted by molar-refractivity contribution is 5.76. The minimum Gasteiger partial charge on any atom is -0.497 e. The number of ether oxygens (including phenoxy) is 2. The van der Waals surface area contributed by atoms with Crippen LogP contribution in [-0.4, -0.2) is 55.1 Å². The molecule has 2 fully saturated rings. The van der Waals surface area contributed by atoms with E-state index in [-0.39, 0.29) is 17.3 Å². The van der Waals surface area contributed by atoms with E-state index in [2.05, 4.69) is 9.80 Å². The van der Waals surface area contributed by atoms with Crippen LogP contribution in [0.25, 0.3) is 0 Å². The van der Waals surface area contributed by atoms with Crippen LogP contribution in [0.1, 0.15) is 49.7 Å². The molecule has 0 saturated carbocycles. The van der Waals surface area contributed by atoms with Gasteiger partial charge in [0.1, 0.15) is 17.3 Å². The van der Waals surface area contributed by atoms with Crippen LogP contribution >= 0.6 is 0 Å². The molecule has 2 saturated heterocycles. The van der Waals surface area contributed by atoms with E-state index in [4.69, 9.17) is 9.47 Å². The first-order valence-corrected chi connectivity index (χ1v) is 12.0. The summed E-state index contributed by atoms with van der Waals surface area (Å²) in [6.45, 7) is 3.55. The van der Waals surface area contributed by atoms with Crippen molar-refractivity contribution in [2.75, 3.05) is 33.9 Å². The maximum Gasteiger partial charge on any atom is 0.222 e. The predicted octanol–water partition coefficient (Wildman–Crippen LogP) is 4.82. The molecule has 0 unspecified atom stereocenters. The Morgan fingerprint density at radius 1 is 0.970 bits per heavy atom. The molecule has 0 aliphatic carbocycles. The van der Waals surface area contributed by atoms with Gasteiger partial charge < -0.3 is 14.4 Å². The molecular formula is C27H35FN2O3. The largest absolute Gasteiger partial charge is 0.497 e. The number of methoxy groups -OCH3 is 2. The molecule has 4 rings (SSSR count). The van der Waals surface area contributed by atoms with Crippen LogP contribution in [0.4, 0.5) is 4.39 Å². The van der Waals surface area contributed by atoms with Crippen molar-refractivity contribution >= 4 is 5.91 Å². The average molecular weight is 455 g/mol. The first-order chi connectivity index (χ1) is 16.0. The van der Waals surface area contributed by atoms with E-state index >= 15 is 0 Å². The van der Waals surface area contributed by atoms with Gasteiger partial charge in [-0.2, -0.15) is 0 Å². The van der Waals surface area contributed by atoms with Crippen molar-refractivity contribution in [3.63, 3.8) is 0 Å². The standard InChI is InChI=1S/C27H35FN2O3/c1-32-24-11-7-22(25(19-24)33-2)8-12-26(31)29-16-3-13-27(15-18-29)14-4-17-30(27)20-21-5-9-23(28)10-6-21/h5-7,9-11,19H,3-4,8,12-18,20H2,1-2H3/t27-/m0/s1. The summed E-state index contributed by atoms with van der Waals surface area (Å²) in [4.78, 5) is 17.7. The summed E-state index contributed by atoms with van der Waals surface area (Å²) in [6, 6.07) is 12.6. The van der Waals surface area contributed by atoms with Crippen LogP contribution < -0.4 is 9.47 Å². The second kappa shape index (κ2) is 10.6. The van der Waals surface area contributed by atoms with E-state index in [1.165, 1.54) is 12.8 Å². The molecule has 6 heteroatoms. The number of aryl methyl sites for hydroxylation is 1. The summed E-state index contributed by atoms with van der Waals surface area (Å²) < 4.78 is 24.1. The molecule has 2 aliphatic heterocycles. The van der Waals surface area contributed by atoms with Crippen LogP contribution in [0, 0.1) is 5.82 Å². The third-order valence-corrected chi connectivity index (χ3v) is 7.40. The van der Waals surface area contributed by atoms with Crippen LogP contribution in [0.5, 0.6) is 11.5 Å². The summed E-state index contributed by atoms with van der Waals surface area (Å²) in [6.07, 6.45) is 6.65. The lowest BCUT2D eigenvalue weighted by Crippen LogP contribution is -2.44. The maximum absolute atomic E-state index is 13.3. The van der Waals surface area contributed by atoms with Gasteiger partial charge in [-0.1, -0.05) is 18.2 Å². The van der Waals surface area contributed by atoms with Gasteiger partial charge in [-0.05, 0) is 74.4 Å². The lowest BCUT2D eigenvalue weighted by atomic mass is 9.87. The summed E-state index contributed by atoms with van der Waals surface area (Å²) in [5, 5.41) is 0. The highest BCUT2D eigenvalue weighted by Gasteiger charge is 2.41. The number of amides is 1. The zero-order chi connectivity index (χ0) is 23.3. The molecule has 1 spiro atoms. The van der Waals surface area contributed by atoms with Gasteiger partial charge in [-0.15, -0.1) is 0 Å². The Bertz CT molecular complexity index is 949. The van der Waals surface area contributed by atoms with E-state index < -0.39 is 0 Å². The Morgan fingerprint density at radius 3 is 2.45 bits per heavy atom. The zero-order valence-corrected chi connectivity index (χ0v) is 19.8. The number of halogens is 1. The Labute approximate surface area is 196 Å². The summed E-state index contributed by atoms with van der Waals surface area (Å²) in [5.74, 6) is 1.54. The third-order valence-electron chi connectivity index (χ3n) is 7.40. The lowest BCUT2D eigenvalue weighted by molar-refractivity contribution is -0.131. The van der Waals surface area contributed by atoms with E-state index in [9.17, 15) is 9.18 Å². The first-order valence-electron chi connectivity index (χ1n) is 12.0. The molecule has 1 amide bonds. The third kappa shape index (κ3) is 5.49. The maximum atomic E-state index is 13.3. The summed E-state index contributed by atoms with van der Waals surface area (Å²) in [5.41, 5.74) is 2.34. The fourth-order valence-electron chi connectivity index (χ4n) is 5.50. The van der Waals surface area contributed by atoms with Crippen molar-refractivity contribution in [2.24, 2.45) is 0 Å². The fraction of sp³-hybridized carbons (Fsp3) is 0.519. The van der Waals surface area contributed by atoms with Crippen LogP contribution in [0.15, 0.2) is 42.5 Å². The average Bonchev–Trinajstić information content (AvgIpc) is 3.08. The van der Waals surface area contributed by atoms with Crippen LogP contribution in [-0.2, 0) is 17.8 Å². The normalized spacial score (nSPS) is 21.2. The molecule has 33 heavy (non-hydrogen) atoms. The summed E-state index contributed by atoms with van der Waals surface area (Å²) in [7, 11) is 3.28. The molecule has 0 bridgehead atoms. The first kappa shape index (κ1) is 23.6. The predicted molar refractivity (Wildman–Crippen MR) is 127 cm³/mol. The number of carbonyl (C=O) groups excluding carboxylic acids is 1. The Balaban J connectivity index is 1.35. The monoisotopic (exact) mass is 454 g/mol. The zero-order valence-electron chi connectivity index (χ0n) is 19.8. The fourth-order valence-corrected chi connectivity index (χ4v) is 5.50. The topological polar surface area (TPSA) is 42.0 Å². The van der Waals surface area contributed by atoms with Crippen molar-refractivity contribution in [3.05, 3.63) is 59.4 Å². The SMILES string of the molecule is COc1ccc(CCC(=O)N2CCC[C@]3(CCCN3Cc3ccc(F)cc3)CC2)c(OC)c1. The number of hydrogen-bond donors (Lipinski definition) is 0. The minimum atomic E-state index is -0.189. The Kier molecular flexibility index (Phi) is 7.53. The molecule has 178 valence electrons. The number of carbonyl (C=O) groups is 1. The van der Waals surface area contributed by atoms with Gasteiger partial charge in [-0.25, -0.2) is 4.39 Å². The molecule has 2 heterocycles. The smallest absolute Gasteiger partial charge is 0.222 e. The second-order valence-corrected chi connectivity index (χ2v) is 9.29. The van der Waals surface area contributed by atoms with Gasteiger partial charge >= 0.3 is 0 Å². The molecule has 0 aromatic heterocycles. The quantitative estimate of drug-likeness (QED) is 0.601. The molecular weight excluding hydrogens is 419 g/mol. The Morgan fingerprint density at radius 2 is 1.73 bits per heavy atom. The van der Waals surface area contributed by atoms with Crippen molar-refractivity contribution in [3.8, 4) is 11.5 Å². The van der Waals surface area contributed by atoms with E-state index in [0.29, 0.717) is 12.8 Å². The molecule has 5 nitrogen and oxygen atoms in total. The van der Waals surface area contributed by atoms with Crippen molar-refractivity contribution in [2.45, 2.75) is 57.0 Å². The van der Waals surface area contributed by atoms with Crippen molar-refractivity contribution in [1.82, 2.24) is 9.80 Å². The second-order valence-electron chi connectivity index (χ2n) is 9.29. The molecule has 2 aliphatic rings. The van der Waals surface area contributed by atoms with Gasteiger partial charge in [0, 0.05) is 37.7 Å². The van der Waals surface area contributed by atoms with Crippen molar-refractivity contribution < 1.29 is 18.7 Å². The molecule has 2 aromatic rings. The number of nitrogens with zero attached hydrogens (tertiary/aromatic N) is 2. The van der Waals surface area contributed by atoms with Gasteiger partial charge in [0.15, 0.2) is 0 Å². The Hall–Kier alpha value is -2.60. The van der Waals surface area contributed by atoms with E-state index in [1.54, 1.807) is 26.4 Å². The molecule has 1 atom stereocenters. The minimum absolute atomic E-state index is 0.155. The molecule has 0 N–H and O–H groups in total. The van der Waals surface area contributed by atoms with Crippen molar-refractivity contribution in [1.29, 1.82) is 0 Å². The summed E-state index contributed by atoms with van der Waals surface area (Å²) >= 11 is 0. The lowest BCUT2D eigenvalue weighted by Gasteiger charge is -2.38. The van der Waals surface area contributed by atoms with Gasteiger partial charge in [0.2, 0.25) is 5.91 Å². The van der Waals surface area contributed by atoms with E-state index in [1.807, 2.05) is 30.3 Å². The number of benzene rings is 2.